The normalized spacial score (nSPS) is 39.3. The Kier molecular flexibility index (Phi) is 2.78. The van der Waals surface area contributed by atoms with Crippen molar-refractivity contribution in [3.05, 3.63) is 0 Å². The molecule has 0 radical (unpaired) electrons. The first kappa shape index (κ1) is 13.0. The van der Waals surface area contributed by atoms with Crippen LogP contribution in [0.1, 0.15) is 27.2 Å². The molecular weight excluding hydrogens is 247 g/mol. The van der Waals surface area contributed by atoms with Gasteiger partial charge in [0.05, 0.1) is 6.07 Å². The summed E-state index contributed by atoms with van der Waals surface area (Å²) in [5, 5.41) is 5.57. The number of alkyl halides is 4. The third-order valence-corrected chi connectivity index (χ3v) is 4.29. The number of rotatable bonds is 1. The van der Waals surface area contributed by atoms with Gasteiger partial charge in [0.15, 0.2) is 4.75 Å². The maximum absolute atomic E-state index is 13.6. The molecule has 2 atom stereocenters. The van der Waals surface area contributed by atoms with Crippen molar-refractivity contribution < 1.29 is 13.2 Å². The largest absolute Gasteiger partial charge is 0.300 e. The van der Waals surface area contributed by atoms with Crippen LogP contribution in [0.15, 0.2) is 0 Å². The van der Waals surface area contributed by atoms with Crippen LogP contribution in [0.4, 0.5) is 13.2 Å². The molecule has 0 amide bonds. The molecule has 86 valence electrons. The van der Waals surface area contributed by atoms with E-state index in [1.165, 1.54) is 0 Å². The predicted molar refractivity (Wildman–Crippen MR) is 54.9 cm³/mol. The minimum absolute atomic E-state index is 0.502. The van der Waals surface area contributed by atoms with Crippen LogP contribution in [0.5, 0.6) is 0 Å². The molecule has 2 unspecified atom stereocenters. The highest BCUT2D eigenvalue weighted by atomic mass is 35.5. The lowest BCUT2D eigenvalue weighted by Gasteiger charge is -2.52. The van der Waals surface area contributed by atoms with Gasteiger partial charge in [-0.1, -0.05) is 32.4 Å². The molecule has 6 heteroatoms. The van der Waals surface area contributed by atoms with Gasteiger partial charge in [0.1, 0.15) is 0 Å². The third-order valence-electron chi connectivity index (χ3n) is 2.10. The summed E-state index contributed by atoms with van der Waals surface area (Å²) in [6.07, 6.45) is -0.835. The van der Waals surface area contributed by atoms with E-state index in [0.717, 1.165) is 11.8 Å². The Hall–Kier alpha value is -0.0800. The first-order valence-electron chi connectivity index (χ1n) is 4.34. The highest BCUT2D eigenvalue weighted by Gasteiger charge is 2.80. The van der Waals surface area contributed by atoms with Crippen LogP contribution in [0, 0.1) is 11.3 Å². The quantitative estimate of drug-likeness (QED) is 0.669. The van der Waals surface area contributed by atoms with Gasteiger partial charge >= 0.3 is 0 Å². The van der Waals surface area contributed by atoms with Crippen LogP contribution in [0.2, 0.25) is 0 Å². The fraction of sp³-hybridized carbons (Fsp3) is 0.889. The van der Waals surface area contributed by atoms with E-state index in [9.17, 15) is 13.2 Å². The summed E-state index contributed by atoms with van der Waals surface area (Å²) in [4.78, 5) is 0. The van der Waals surface area contributed by atoms with Gasteiger partial charge in [-0.05, 0) is 0 Å². The number of thioether (sulfide) groups is 1. The van der Waals surface area contributed by atoms with Crippen molar-refractivity contribution in [1.82, 2.24) is 0 Å². The second kappa shape index (κ2) is 3.21. The number of hydrogen-bond acceptors (Lipinski definition) is 2. The summed E-state index contributed by atoms with van der Waals surface area (Å²) in [5.74, 6) is -3.62. The molecule has 1 saturated carbocycles. The van der Waals surface area contributed by atoms with Crippen molar-refractivity contribution in [3.8, 4) is 6.07 Å². The molecule has 0 aromatic heterocycles. The molecule has 0 aromatic rings. The van der Waals surface area contributed by atoms with E-state index < -0.39 is 27.0 Å². The fourth-order valence-electron chi connectivity index (χ4n) is 1.48. The van der Waals surface area contributed by atoms with Crippen LogP contribution in [0.25, 0.3) is 0 Å². The second-order valence-electron chi connectivity index (χ2n) is 4.61. The van der Waals surface area contributed by atoms with Gasteiger partial charge in [-0.3, -0.25) is 0 Å². The number of nitrogens with zero attached hydrogens (tertiary/aromatic N) is 1. The third kappa shape index (κ3) is 1.83. The van der Waals surface area contributed by atoms with Crippen LogP contribution < -0.4 is 0 Å². The zero-order valence-corrected chi connectivity index (χ0v) is 10.1. The van der Waals surface area contributed by atoms with Gasteiger partial charge in [-0.25, -0.2) is 13.2 Å². The van der Waals surface area contributed by atoms with Gasteiger partial charge in [0.25, 0.3) is 11.1 Å². The summed E-state index contributed by atoms with van der Waals surface area (Å²) in [5.41, 5.74) is 0. The molecule has 1 aliphatic carbocycles. The fourth-order valence-corrected chi connectivity index (χ4v) is 3.39. The van der Waals surface area contributed by atoms with Gasteiger partial charge in [-0.2, -0.15) is 5.26 Å². The molecule has 0 aliphatic heterocycles. The average molecular weight is 258 g/mol. The van der Waals surface area contributed by atoms with E-state index in [0.29, 0.717) is 0 Å². The van der Waals surface area contributed by atoms with E-state index in [1.807, 2.05) is 0 Å². The molecule has 1 aliphatic rings. The smallest absolute Gasteiger partial charge is 0.217 e. The van der Waals surface area contributed by atoms with E-state index in [1.54, 1.807) is 26.8 Å². The summed E-state index contributed by atoms with van der Waals surface area (Å²) in [6, 6.07) is 1.59. The van der Waals surface area contributed by atoms with Crippen molar-refractivity contribution in [2.75, 3.05) is 0 Å². The number of hydrogen-bond donors (Lipinski definition) is 0. The number of nitriles is 1. The molecule has 0 spiro atoms. The lowest BCUT2D eigenvalue weighted by atomic mass is 9.78. The van der Waals surface area contributed by atoms with Crippen LogP contribution in [0.3, 0.4) is 0 Å². The SMILES string of the molecule is CC(C)(C)SC1(C#N)CC(F)(F)C1(F)Cl. The highest BCUT2D eigenvalue weighted by Crippen LogP contribution is 2.66. The highest BCUT2D eigenvalue weighted by molar-refractivity contribution is 8.02. The molecule has 0 bridgehead atoms. The van der Waals surface area contributed by atoms with Crippen molar-refractivity contribution in [2.24, 2.45) is 0 Å². The lowest BCUT2D eigenvalue weighted by molar-refractivity contribution is -0.178. The zero-order chi connectivity index (χ0) is 12.1. The molecule has 0 heterocycles. The first-order chi connectivity index (χ1) is 6.47. The summed E-state index contributed by atoms with van der Waals surface area (Å²) in [7, 11) is 0. The number of halogens is 4. The Labute approximate surface area is 96.0 Å². The average Bonchev–Trinajstić information content (AvgIpc) is 1.99. The maximum Gasteiger partial charge on any atom is 0.300 e. The second-order valence-corrected chi connectivity index (χ2v) is 7.26. The van der Waals surface area contributed by atoms with Gasteiger partial charge in [-0.15, -0.1) is 11.8 Å². The van der Waals surface area contributed by atoms with Gasteiger partial charge < -0.3 is 0 Å². The summed E-state index contributed by atoms with van der Waals surface area (Å²) >= 11 is 6.02. The van der Waals surface area contributed by atoms with E-state index in [-0.39, 0.29) is 0 Å². The van der Waals surface area contributed by atoms with Gasteiger partial charge in [0.2, 0.25) is 0 Å². The first-order valence-corrected chi connectivity index (χ1v) is 5.54. The standard InChI is InChI=1S/C9H11ClF3NS/c1-6(2,3)15-7(5-14)4-8(11,12)9(7,10)13/h4H2,1-3H3. The molecule has 0 N–H and O–H groups in total. The minimum atomic E-state index is -3.62. The van der Waals surface area contributed by atoms with Crippen molar-refractivity contribution in [3.63, 3.8) is 0 Å². The molecule has 1 fully saturated rings. The molecular formula is C9H11ClF3NS. The lowest BCUT2D eigenvalue weighted by Crippen LogP contribution is -2.69. The van der Waals surface area contributed by atoms with Crippen LogP contribution in [-0.2, 0) is 0 Å². The van der Waals surface area contributed by atoms with E-state index >= 15 is 0 Å². The van der Waals surface area contributed by atoms with Crippen molar-refractivity contribution in [2.45, 2.75) is 47.7 Å². The predicted octanol–water partition coefficient (Wildman–Crippen LogP) is 3.72. The van der Waals surface area contributed by atoms with Crippen molar-refractivity contribution >= 4 is 23.4 Å². The minimum Gasteiger partial charge on any atom is -0.217 e. The summed E-state index contributed by atoms with van der Waals surface area (Å²) in [6.45, 7) is 5.17. The Morgan fingerprint density at radius 1 is 1.33 bits per heavy atom. The molecule has 15 heavy (non-hydrogen) atoms. The Bertz CT molecular complexity index is 318. The monoisotopic (exact) mass is 257 g/mol. The topological polar surface area (TPSA) is 23.8 Å². The van der Waals surface area contributed by atoms with E-state index in [4.69, 9.17) is 16.9 Å². The Morgan fingerprint density at radius 2 is 1.80 bits per heavy atom. The Morgan fingerprint density at radius 3 is 2.00 bits per heavy atom. The molecule has 1 nitrogen and oxygen atoms in total. The van der Waals surface area contributed by atoms with Gasteiger partial charge in [0, 0.05) is 11.2 Å². The van der Waals surface area contributed by atoms with Crippen LogP contribution in [-0.4, -0.2) is 20.5 Å². The van der Waals surface area contributed by atoms with E-state index in [2.05, 4.69) is 0 Å². The van der Waals surface area contributed by atoms with Crippen LogP contribution >= 0.6 is 23.4 Å². The van der Waals surface area contributed by atoms with Crippen molar-refractivity contribution in [1.29, 1.82) is 5.26 Å². The molecule has 1 rings (SSSR count). The summed E-state index contributed by atoms with van der Waals surface area (Å²) < 4.78 is 37.1. The molecule has 0 aromatic carbocycles. The Balaban J connectivity index is 2.99. The molecule has 0 saturated heterocycles. The zero-order valence-electron chi connectivity index (χ0n) is 8.57. The maximum atomic E-state index is 13.6.